The van der Waals surface area contributed by atoms with Crippen LogP contribution in [0.15, 0.2) is 0 Å². The van der Waals surface area contributed by atoms with Crippen molar-refractivity contribution < 1.29 is 19.8 Å². The summed E-state index contributed by atoms with van der Waals surface area (Å²) in [5.74, 6) is -0.393. The van der Waals surface area contributed by atoms with Gasteiger partial charge in [0.1, 0.15) is 6.04 Å². The molecule has 0 aromatic rings. The maximum atomic E-state index is 12.4. The number of carboxylic acids is 1. The molecular weight excluding hydrogens is 268 g/mol. The highest BCUT2D eigenvalue weighted by molar-refractivity contribution is 8.00. The van der Waals surface area contributed by atoms with E-state index in [0.29, 0.717) is 5.75 Å². The maximum absolute atomic E-state index is 12.4. The molecule has 0 aliphatic carbocycles. The number of aliphatic hydroxyl groups excluding tert-OH is 1. The molecule has 2 amide bonds. The summed E-state index contributed by atoms with van der Waals surface area (Å²) in [5.41, 5.74) is 0. The lowest BCUT2D eigenvalue weighted by Crippen LogP contribution is -2.54. The highest BCUT2D eigenvalue weighted by atomic mass is 32.2. The Hall–Kier alpha value is -0.950. The van der Waals surface area contributed by atoms with Crippen molar-refractivity contribution in [3.63, 3.8) is 0 Å². The summed E-state index contributed by atoms with van der Waals surface area (Å²) < 4.78 is 0. The quantitative estimate of drug-likeness (QED) is 0.804. The van der Waals surface area contributed by atoms with Gasteiger partial charge in [0.25, 0.3) is 0 Å². The van der Waals surface area contributed by atoms with Crippen LogP contribution in [0.25, 0.3) is 0 Å². The molecule has 0 spiro atoms. The van der Waals surface area contributed by atoms with Gasteiger partial charge in [-0.3, -0.25) is 4.90 Å². The summed E-state index contributed by atoms with van der Waals surface area (Å²) in [4.78, 5) is 26.5. The van der Waals surface area contributed by atoms with E-state index in [1.165, 1.54) is 21.6 Å². The Bertz CT molecular complexity index is 351. The fourth-order valence-corrected chi connectivity index (χ4v) is 3.43. The lowest BCUT2D eigenvalue weighted by Gasteiger charge is -2.35. The number of aliphatic carboxylic acids is 1. The van der Waals surface area contributed by atoms with Gasteiger partial charge >= 0.3 is 12.0 Å². The monoisotopic (exact) mass is 290 g/mol. The predicted octanol–water partition coefficient (Wildman–Crippen LogP) is 0.903. The molecule has 3 atom stereocenters. The van der Waals surface area contributed by atoms with Crippen molar-refractivity contribution in [3.8, 4) is 0 Å². The summed E-state index contributed by atoms with van der Waals surface area (Å²) in [6.07, 6.45) is 0. The molecule has 1 rings (SSSR count). The van der Waals surface area contributed by atoms with Crippen LogP contribution in [-0.2, 0) is 4.79 Å². The molecular formula is C12H22N2O4S. The predicted molar refractivity (Wildman–Crippen MR) is 74.1 cm³/mol. The first kappa shape index (κ1) is 16.1. The second-order valence-electron chi connectivity index (χ2n) is 5.15. The van der Waals surface area contributed by atoms with E-state index in [-0.39, 0.29) is 30.0 Å². The average Bonchev–Trinajstić information content (AvgIpc) is 2.80. The second kappa shape index (κ2) is 6.47. The Morgan fingerprint density at radius 1 is 1.42 bits per heavy atom. The van der Waals surface area contributed by atoms with Gasteiger partial charge in [0.05, 0.1) is 18.0 Å². The van der Waals surface area contributed by atoms with Crippen molar-refractivity contribution in [3.05, 3.63) is 0 Å². The zero-order valence-electron chi connectivity index (χ0n) is 11.7. The zero-order chi connectivity index (χ0) is 14.7. The van der Waals surface area contributed by atoms with Gasteiger partial charge in [-0.2, -0.15) is 0 Å². The topological polar surface area (TPSA) is 81.1 Å². The Morgan fingerprint density at radius 2 is 2.00 bits per heavy atom. The van der Waals surface area contributed by atoms with Gasteiger partial charge in [0.15, 0.2) is 0 Å². The molecule has 1 aliphatic heterocycles. The molecule has 1 aliphatic rings. The zero-order valence-corrected chi connectivity index (χ0v) is 12.6. The number of hydrogen-bond donors (Lipinski definition) is 2. The number of aliphatic hydroxyl groups is 1. The van der Waals surface area contributed by atoms with E-state index in [2.05, 4.69) is 0 Å². The number of carbonyl (C=O) groups is 2. The Balaban J connectivity index is 2.95. The van der Waals surface area contributed by atoms with Crippen LogP contribution in [0.2, 0.25) is 0 Å². The molecule has 110 valence electrons. The Labute approximate surface area is 117 Å². The summed E-state index contributed by atoms with van der Waals surface area (Å²) in [6, 6.07) is -1.46. The van der Waals surface area contributed by atoms with Gasteiger partial charge in [-0.1, -0.05) is 13.8 Å². The molecule has 7 heteroatoms. The minimum Gasteiger partial charge on any atom is -0.480 e. The molecule has 1 saturated heterocycles. The van der Waals surface area contributed by atoms with E-state index in [4.69, 9.17) is 5.11 Å². The van der Waals surface area contributed by atoms with Gasteiger partial charge in [-0.15, -0.1) is 11.8 Å². The molecule has 1 fully saturated rings. The molecule has 0 aromatic heterocycles. The first-order valence-corrected chi connectivity index (χ1v) is 7.36. The molecule has 0 radical (unpaired) electrons. The summed E-state index contributed by atoms with van der Waals surface area (Å²) in [5, 5.41) is 18.2. The molecule has 0 saturated carbocycles. The number of rotatable bonds is 4. The van der Waals surface area contributed by atoms with Crippen molar-refractivity contribution in [1.82, 2.24) is 9.80 Å². The van der Waals surface area contributed by atoms with Gasteiger partial charge in [-0.25, -0.2) is 9.59 Å². The fraction of sp³-hybridized carbons (Fsp3) is 0.833. The van der Waals surface area contributed by atoms with Crippen molar-refractivity contribution >= 4 is 23.8 Å². The molecule has 0 bridgehead atoms. The molecule has 6 nitrogen and oxygen atoms in total. The van der Waals surface area contributed by atoms with Crippen molar-refractivity contribution in [2.24, 2.45) is 5.92 Å². The van der Waals surface area contributed by atoms with Crippen LogP contribution in [0.3, 0.4) is 0 Å². The highest BCUT2D eigenvalue weighted by Gasteiger charge is 2.44. The van der Waals surface area contributed by atoms with Crippen molar-refractivity contribution in [2.45, 2.75) is 38.2 Å². The van der Waals surface area contributed by atoms with E-state index in [1.807, 2.05) is 13.8 Å². The molecule has 3 unspecified atom stereocenters. The number of urea groups is 1. The minimum atomic E-state index is -0.978. The second-order valence-corrected chi connectivity index (χ2v) is 6.30. The van der Waals surface area contributed by atoms with Gasteiger partial charge in [0, 0.05) is 12.8 Å². The van der Waals surface area contributed by atoms with Crippen LogP contribution in [0.4, 0.5) is 4.79 Å². The first-order chi connectivity index (χ1) is 8.81. The normalized spacial score (nSPS) is 24.6. The standard InChI is InChI=1S/C12H22N2O4S/c1-7(2)10-14(9(6-19-10)11(16)17)12(18)13(4)8(3)5-15/h7-10,15H,5-6H2,1-4H3,(H,16,17). The summed E-state index contributed by atoms with van der Waals surface area (Å²) in [6.45, 7) is 5.52. The number of likely N-dealkylation sites (N-methyl/N-ethyl adjacent to an activating group) is 1. The molecule has 0 aromatic carbocycles. The van der Waals surface area contributed by atoms with E-state index in [0.717, 1.165) is 0 Å². The Kier molecular flexibility index (Phi) is 5.49. The average molecular weight is 290 g/mol. The lowest BCUT2D eigenvalue weighted by atomic mass is 10.1. The third kappa shape index (κ3) is 3.33. The smallest absolute Gasteiger partial charge is 0.327 e. The molecule has 1 heterocycles. The number of nitrogens with zero attached hydrogens (tertiary/aromatic N) is 2. The highest BCUT2D eigenvalue weighted by Crippen LogP contribution is 2.34. The van der Waals surface area contributed by atoms with E-state index in [9.17, 15) is 14.7 Å². The fourth-order valence-electron chi connectivity index (χ4n) is 1.97. The van der Waals surface area contributed by atoms with Crippen molar-refractivity contribution in [1.29, 1.82) is 0 Å². The minimum absolute atomic E-state index is 0.137. The number of carbonyl (C=O) groups excluding carboxylic acids is 1. The third-order valence-corrected chi connectivity index (χ3v) is 4.96. The van der Waals surface area contributed by atoms with E-state index < -0.39 is 12.0 Å². The Morgan fingerprint density at radius 3 is 2.42 bits per heavy atom. The van der Waals surface area contributed by atoms with E-state index in [1.54, 1.807) is 14.0 Å². The number of hydrogen-bond acceptors (Lipinski definition) is 4. The van der Waals surface area contributed by atoms with Crippen LogP contribution < -0.4 is 0 Å². The van der Waals surface area contributed by atoms with Gasteiger partial charge in [-0.05, 0) is 12.8 Å². The summed E-state index contributed by atoms with van der Waals surface area (Å²) in [7, 11) is 1.59. The SMILES string of the molecule is CC(C)C1SCC(C(=O)O)N1C(=O)N(C)C(C)CO. The van der Waals surface area contributed by atoms with Crippen LogP contribution >= 0.6 is 11.8 Å². The summed E-state index contributed by atoms with van der Waals surface area (Å²) >= 11 is 1.50. The largest absolute Gasteiger partial charge is 0.480 e. The maximum Gasteiger partial charge on any atom is 0.327 e. The van der Waals surface area contributed by atoms with Gasteiger partial charge in [0.2, 0.25) is 0 Å². The first-order valence-electron chi connectivity index (χ1n) is 6.31. The number of carboxylic acid groups (broad SMARTS) is 1. The van der Waals surface area contributed by atoms with Crippen molar-refractivity contribution in [2.75, 3.05) is 19.4 Å². The van der Waals surface area contributed by atoms with Crippen LogP contribution in [0.1, 0.15) is 20.8 Å². The van der Waals surface area contributed by atoms with Crippen LogP contribution in [-0.4, -0.2) is 68.9 Å². The third-order valence-electron chi connectivity index (χ3n) is 3.34. The van der Waals surface area contributed by atoms with Gasteiger partial charge < -0.3 is 15.1 Å². The molecule has 19 heavy (non-hydrogen) atoms. The number of amides is 2. The molecule has 2 N–H and O–H groups in total. The van der Waals surface area contributed by atoms with Crippen LogP contribution in [0, 0.1) is 5.92 Å². The van der Waals surface area contributed by atoms with Crippen LogP contribution in [0.5, 0.6) is 0 Å². The van der Waals surface area contributed by atoms with E-state index >= 15 is 0 Å². The number of thioether (sulfide) groups is 1. The lowest BCUT2D eigenvalue weighted by molar-refractivity contribution is -0.141.